The zero-order chi connectivity index (χ0) is 48.3. The molecule has 0 fully saturated rings. The first-order valence-electron chi connectivity index (χ1n) is 23.0. The molecule has 0 aliphatic rings. The van der Waals surface area contributed by atoms with Gasteiger partial charge >= 0.3 is 5.97 Å². The summed E-state index contributed by atoms with van der Waals surface area (Å²) in [5, 5.41) is 16.2. The van der Waals surface area contributed by atoms with Crippen LogP contribution in [0.5, 0.6) is 0 Å². The molecule has 8 aromatic rings. The summed E-state index contributed by atoms with van der Waals surface area (Å²) in [5.41, 5.74) is 15.3. The molecule has 0 saturated carbocycles. The summed E-state index contributed by atoms with van der Waals surface area (Å²) >= 11 is 0. The number of hydrogen-bond acceptors (Lipinski definition) is 8. The number of nitrogen functional groups attached to an aromatic ring is 1. The Balaban J connectivity index is 0.000000203. The summed E-state index contributed by atoms with van der Waals surface area (Å²) in [5.74, 6) is -0.527. The van der Waals surface area contributed by atoms with E-state index in [1.54, 1.807) is 19.9 Å². The molecule has 0 radical (unpaired) electrons. The number of aryl methyl sites for hydroxylation is 6. The molecule has 1 atom stereocenters. The van der Waals surface area contributed by atoms with Gasteiger partial charge in [-0.2, -0.15) is 4.72 Å². The highest BCUT2D eigenvalue weighted by atomic mass is 32.2. The molecule has 1 unspecified atom stereocenters. The minimum Gasteiger partial charge on any atom is -0.462 e. The summed E-state index contributed by atoms with van der Waals surface area (Å²) in [7, 11) is -4.11. The van der Waals surface area contributed by atoms with Crippen LogP contribution in [0.3, 0.4) is 0 Å². The van der Waals surface area contributed by atoms with E-state index in [1.807, 2.05) is 32.0 Å². The van der Waals surface area contributed by atoms with Crippen LogP contribution >= 0.6 is 0 Å². The van der Waals surface area contributed by atoms with Gasteiger partial charge < -0.3 is 20.5 Å². The third-order valence-corrected chi connectivity index (χ3v) is 14.4. The van der Waals surface area contributed by atoms with Gasteiger partial charge in [-0.3, -0.25) is 9.59 Å². The van der Waals surface area contributed by atoms with Gasteiger partial charge in [-0.1, -0.05) is 79.9 Å². The maximum Gasteiger partial charge on any atom is 0.333 e. The molecule has 0 aromatic heterocycles. The Morgan fingerprint density at radius 2 is 1.13 bits per heavy atom. The number of rotatable bonds is 18. The minimum absolute atomic E-state index is 0.0271. The normalized spacial score (nSPS) is 12.2. The Morgan fingerprint density at radius 1 is 0.642 bits per heavy atom. The third-order valence-electron chi connectivity index (χ3n) is 12.9. The molecular formula is C56H61N3O7S. The van der Waals surface area contributed by atoms with Crippen molar-refractivity contribution in [3.8, 4) is 0 Å². The predicted molar refractivity (Wildman–Crippen MR) is 275 cm³/mol. The lowest BCUT2D eigenvalue weighted by Gasteiger charge is -2.20. The lowest BCUT2D eigenvalue weighted by molar-refractivity contribution is -0.139. The van der Waals surface area contributed by atoms with Crippen molar-refractivity contribution in [2.45, 2.75) is 105 Å². The van der Waals surface area contributed by atoms with Gasteiger partial charge in [-0.25, -0.2) is 13.2 Å². The number of carbonyl (C=O) groups excluding carboxylic acids is 3. The van der Waals surface area contributed by atoms with E-state index in [-0.39, 0.29) is 29.7 Å². The Bertz CT molecular complexity index is 3290. The Labute approximate surface area is 393 Å². The summed E-state index contributed by atoms with van der Waals surface area (Å²) in [6.07, 6.45) is 4.32. The zero-order valence-electron chi connectivity index (χ0n) is 39.7. The van der Waals surface area contributed by atoms with Gasteiger partial charge in [0.05, 0.1) is 11.5 Å². The molecule has 67 heavy (non-hydrogen) atoms. The average molecular weight is 920 g/mol. The average Bonchev–Trinajstić information content (AvgIpc) is 3.28. The van der Waals surface area contributed by atoms with Crippen LogP contribution in [0.2, 0.25) is 0 Å². The Morgan fingerprint density at radius 3 is 1.67 bits per heavy atom. The van der Waals surface area contributed by atoms with Crippen molar-refractivity contribution < 1.29 is 32.3 Å². The fourth-order valence-corrected chi connectivity index (χ4v) is 11.0. The maximum atomic E-state index is 13.6. The number of amides is 1. The van der Waals surface area contributed by atoms with Crippen LogP contribution in [-0.4, -0.2) is 46.1 Å². The number of ether oxygens (including phenoxy) is 2. The Kier molecular flexibility index (Phi) is 14.5. The maximum absolute atomic E-state index is 13.6. The van der Waals surface area contributed by atoms with E-state index in [0.717, 1.165) is 63.7 Å². The summed E-state index contributed by atoms with van der Waals surface area (Å²) in [4.78, 5) is 34.2. The van der Waals surface area contributed by atoms with E-state index in [2.05, 4.69) is 86.4 Å². The molecule has 4 N–H and O–H groups in total. The molecule has 8 aromatic carbocycles. The first kappa shape index (κ1) is 48.4. The van der Waals surface area contributed by atoms with E-state index in [9.17, 15) is 22.8 Å². The van der Waals surface area contributed by atoms with Gasteiger partial charge in [0.15, 0.2) is 6.23 Å². The fourth-order valence-electron chi connectivity index (χ4n) is 9.60. The molecular weight excluding hydrogens is 859 g/mol. The van der Waals surface area contributed by atoms with Crippen molar-refractivity contribution in [1.82, 2.24) is 10.0 Å². The van der Waals surface area contributed by atoms with Gasteiger partial charge in [-0.15, -0.1) is 0 Å². The van der Waals surface area contributed by atoms with Crippen molar-refractivity contribution in [3.63, 3.8) is 0 Å². The van der Waals surface area contributed by atoms with Gasteiger partial charge in [0.2, 0.25) is 15.9 Å². The highest BCUT2D eigenvalue weighted by molar-refractivity contribution is 7.89. The van der Waals surface area contributed by atoms with Gasteiger partial charge in [-0.05, 0) is 181 Å². The zero-order valence-corrected chi connectivity index (χ0v) is 40.5. The second kappa shape index (κ2) is 20.1. The SMILES string of the molecule is C=C(C)C(=O)NCCCCC(NS(=O)(=O)c1cc(N)c2ccc3c(C)cc(C)c4ccc1c2c34)OC=O.C=C(C)C(=O)OCCCCCc1cc(C)c2ccc3c(C)cc(C)c4ccc1c2c34. The lowest BCUT2D eigenvalue weighted by Crippen LogP contribution is -2.37. The first-order valence-corrected chi connectivity index (χ1v) is 24.4. The number of unbranched alkanes of at least 4 members (excludes halogenated alkanes) is 3. The number of nitrogens with one attached hydrogen (secondary N) is 2. The van der Waals surface area contributed by atoms with Crippen molar-refractivity contribution in [2.24, 2.45) is 0 Å². The second-order valence-electron chi connectivity index (χ2n) is 18.1. The van der Waals surface area contributed by atoms with Gasteiger partial charge in [0, 0.05) is 39.5 Å². The molecule has 0 saturated heterocycles. The standard InChI is InChI=1S/C28H31N3O5S.C28H30O2/c1-16(2)28(33)30-12-6-5-7-25(36-15-32)31-37(34,35)24-14-23(29)21-10-8-19-17(3)13-18(4)20-9-11-22(24)27(21)26(19)20;1-17(2)28(29)30-14-8-6-7-9-21-16-20(5)24-11-10-22-18(3)15-19(4)23-12-13-25(21)27(24)26(22)23/h8-11,13-15,25,31H,1,5-7,12,29H2,2-4H3,(H,30,33);10-13,15-16H,1,6-9,14H2,2-5H3. The van der Waals surface area contributed by atoms with Crippen molar-refractivity contribution in [2.75, 3.05) is 18.9 Å². The van der Waals surface area contributed by atoms with E-state index in [1.165, 1.54) is 60.6 Å². The number of sulfonamides is 1. The third kappa shape index (κ3) is 9.94. The first-order chi connectivity index (χ1) is 31.9. The van der Waals surface area contributed by atoms with Gasteiger partial charge in [0.1, 0.15) is 0 Å². The van der Waals surface area contributed by atoms with Crippen molar-refractivity contribution >= 4 is 98.7 Å². The molecule has 11 heteroatoms. The number of carbonyl (C=O) groups is 3. The van der Waals surface area contributed by atoms with Crippen LogP contribution in [0, 0.1) is 34.6 Å². The van der Waals surface area contributed by atoms with Crippen molar-refractivity contribution in [1.29, 1.82) is 0 Å². The molecule has 348 valence electrons. The highest BCUT2D eigenvalue weighted by Gasteiger charge is 2.26. The molecule has 8 rings (SSSR count). The lowest BCUT2D eigenvalue weighted by atomic mass is 9.86. The monoisotopic (exact) mass is 919 g/mol. The quantitative estimate of drug-likeness (QED) is 0.0146. The van der Waals surface area contributed by atoms with E-state index in [0.29, 0.717) is 48.2 Å². The number of esters is 1. The van der Waals surface area contributed by atoms with Crippen LogP contribution in [0.25, 0.3) is 64.6 Å². The predicted octanol–water partition coefficient (Wildman–Crippen LogP) is 11.8. The topological polar surface area (TPSA) is 154 Å². The van der Waals surface area contributed by atoms with Crippen LogP contribution in [-0.2, 0) is 40.3 Å². The fraction of sp³-hybridized carbons (Fsp3) is 0.304. The van der Waals surface area contributed by atoms with Crippen LogP contribution in [0.4, 0.5) is 5.69 Å². The Hall–Kier alpha value is -6.56. The number of nitrogens with two attached hydrogens (primary N) is 1. The van der Waals surface area contributed by atoms with Crippen molar-refractivity contribution in [3.05, 3.63) is 130 Å². The number of hydrogen-bond donors (Lipinski definition) is 3. The smallest absolute Gasteiger partial charge is 0.333 e. The second-order valence-corrected chi connectivity index (χ2v) is 19.8. The largest absolute Gasteiger partial charge is 0.462 e. The van der Waals surface area contributed by atoms with Crippen LogP contribution in [0.15, 0.2) is 102 Å². The summed E-state index contributed by atoms with van der Waals surface area (Å²) in [6, 6.07) is 25.1. The molecule has 1 amide bonds. The highest BCUT2D eigenvalue weighted by Crippen LogP contribution is 2.43. The molecule has 10 nitrogen and oxygen atoms in total. The molecule has 0 heterocycles. The van der Waals surface area contributed by atoms with Crippen LogP contribution in [0.1, 0.15) is 85.8 Å². The van der Waals surface area contributed by atoms with E-state index in [4.69, 9.17) is 15.2 Å². The van der Waals surface area contributed by atoms with E-state index < -0.39 is 16.3 Å². The molecule has 0 bridgehead atoms. The van der Waals surface area contributed by atoms with Gasteiger partial charge in [0.25, 0.3) is 6.47 Å². The summed E-state index contributed by atoms with van der Waals surface area (Å²) in [6.45, 7) is 22.3. The molecule has 0 aliphatic carbocycles. The molecule has 0 aliphatic heterocycles. The van der Waals surface area contributed by atoms with E-state index >= 15 is 0 Å². The minimum atomic E-state index is -4.11. The molecule has 0 spiro atoms. The summed E-state index contributed by atoms with van der Waals surface area (Å²) < 4.78 is 39.9. The number of anilines is 1. The van der Waals surface area contributed by atoms with Crippen LogP contribution < -0.4 is 15.8 Å². The number of benzene rings is 8.